The lowest BCUT2D eigenvalue weighted by Gasteiger charge is -2.35. The van der Waals surface area contributed by atoms with Crippen LogP contribution >= 0.6 is 0 Å². The smallest absolute Gasteiger partial charge is 0.317 e. The van der Waals surface area contributed by atoms with Gasteiger partial charge in [-0.1, -0.05) is 0 Å². The molecule has 2 saturated heterocycles. The van der Waals surface area contributed by atoms with Crippen LogP contribution in [-0.4, -0.2) is 66.4 Å². The number of urea groups is 1. The fourth-order valence-electron chi connectivity index (χ4n) is 2.91. The molecule has 1 saturated carbocycles. The summed E-state index contributed by atoms with van der Waals surface area (Å²) in [4.78, 5) is 39.1. The van der Waals surface area contributed by atoms with Crippen molar-refractivity contribution in [3.05, 3.63) is 0 Å². The number of piperazine rings is 1. The Morgan fingerprint density at radius 2 is 1.76 bits per heavy atom. The zero-order chi connectivity index (χ0) is 14.8. The molecule has 7 nitrogen and oxygen atoms in total. The topological polar surface area (TPSA) is 81.8 Å². The molecule has 0 bridgehead atoms. The van der Waals surface area contributed by atoms with E-state index in [-0.39, 0.29) is 30.3 Å². The Balaban J connectivity index is 1.47. The Morgan fingerprint density at radius 3 is 2.38 bits per heavy atom. The summed E-state index contributed by atoms with van der Waals surface area (Å²) >= 11 is 0. The zero-order valence-corrected chi connectivity index (χ0v) is 12.1. The van der Waals surface area contributed by atoms with Crippen molar-refractivity contribution in [1.82, 2.24) is 20.4 Å². The zero-order valence-electron chi connectivity index (χ0n) is 12.1. The van der Waals surface area contributed by atoms with Gasteiger partial charge in [-0.15, -0.1) is 0 Å². The number of nitrogens with one attached hydrogen (secondary N) is 2. The maximum Gasteiger partial charge on any atom is 0.317 e. The van der Waals surface area contributed by atoms with Crippen molar-refractivity contribution in [2.45, 2.75) is 31.7 Å². The summed E-state index contributed by atoms with van der Waals surface area (Å²) in [6, 6.07) is 0.365. The van der Waals surface area contributed by atoms with E-state index in [1.165, 1.54) is 0 Å². The monoisotopic (exact) mass is 294 g/mol. The second-order valence-electron chi connectivity index (χ2n) is 6.09. The summed E-state index contributed by atoms with van der Waals surface area (Å²) < 4.78 is 0. The summed E-state index contributed by atoms with van der Waals surface area (Å²) in [7, 11) is 0. The van der Waals surface area contributed by atoms with E-state index in [4.69, 9.17) is 0 Å². The number of amides is 4. The van der Waals surface area contributed by atoms with Crippen LogP contribution in [0.4, 0.5) is 4.79 Å². The molecule has 2 heterocycles. The van der Waals surface area contributed by atoms with Gasteiger partial charge >= 0.3 is 6.03 Å². The van der Waals surface area contributed by atoms with Gasteiger partial charge in [0.05, 0.1) is 6.54 Å². The minimum Gasteiger partial charge on any atom is -0.353 e. The lowest BCUT2D eigenvalue weighted by molar-refractivity contribution is -0.142. The number of hydrogen-bond donors (Lipinski definition) is 2. The normalized spacial score (nSPS) is 23.7. The molecule has 0 radical (unpaired) electrons. The van der Waals surface area contributed by atoms with Crippen molar-refractivity contribution in [3.8, 4) is 0 Å². The van der Waals surface area contributed by atoms with E-state index in [2.05, 4.69) is 10.6 Å². The van der Waals surface area contributed by atoms with E-state index in [1.807, 2.05) is 0 Å². The summed E-state index contributed by atoms with van der Waals surface area (Å²) in [6.45, 7) is 2.53. The average molecular weight is 294 g/mol. The summed E-state index contributed by atoms with van der Waals surface area (Å²) in [5.41, 5.74) is 0. The lowest BCUT2D eigenvalue weighted by atomic mass is 9.95. The predicted molar refractivity (Wildman–Crippen MR) is 75.4 cm³/mol. The molecule has 3 aliphatic rings. The summed E-state index contributed by atoms with van der Waals surface area (Å²) in [6.07, 6.45) is 3.54. The number of rotatable bonds is 2. The molecule has 0 aromatic carbocycles. The largest absolute Gasteiger partial charge is 0.353 e. The van der Waals surface area contributed by atoms with E-state index >= 15 is 0 Å². The molecule has 3 rings (SSSR count). The second kappa shape index (κ2) is 5.91. The van der Waals surface area contributed by atoms with Gasteiger partial charge in [0, 0.05) is 38.1 Å². The Labute approximate surface area is 124 Å². The Kier molecular flexibility index (Phi) is 3.98. The standard InChI is InChI=1S/C14H22N4O3/c19-12-9-18(8-5-15-12)13(20)10-3-6-17(7-4-10)14(21)16-11-1-2-11/h10-11H,1-9H2,(H,15,19)(H,16,21). The molecule has 3 fully saturated rings. The van der Waals surface area contributed by atoms with E-state index < -0.39 is 0 Å². The molecule has 2 aliphatic heterocycles. The molecule has 116 valence electrons. The number of nitrogens with zero attached hydrogens (tertiary/aromatic N) is 2. The maximum absolute atomic E-state index is 12.4. The highest BCUT2D eigenvalue weighted by Crippen LogP contribution is 2.22. The van der Waals surface area contributed by atoms with E-state index in [0.29, 0.717) is 45.1 Å². The molecule has 2 N–H and O–H groups in total. The predicted octanol–water partition coefficient (Wildman–Crippen LogP) is -0.471. The fourth-order valence-corrected chi connectivity index (χ4v) is 2.91. The number of hydrogen-bond acceptors (Lipinski definition) is 3. The Morgan fingerprint density at radius 1 is 1.05 bits per heavy atom. The molecule has 0 spiro atoms. The van der Waals surface area contributed by atoms with Crippen molar-refractivity contribution in [2.24, 2.45) is 5.92 Å². The average Bonchev–Trinajstić information content (AvgIpc) is 3.30. The highest BCUT2D eigenvalue weighted by molar-refractivity contribution is 5.87. The first kappa shape index (κ1) is 14.2. The molecule has 7 heteroatoms. The number of likely N-dealkylation sites (tertiary alicyclic amines) is 1. The first-order valence-corrected chi connectivity index (χ1v) is 7.74. The first-order chi connectivity index (χ1) is 10.1. The van der Waals surface area contributed by atoms with E-state index in [0.717, 1.165) is 12.8 Å². The minimum absolute atomic E-state index is 0.000694. The molecule has 0 aromatic heterocycles. The first-order valence-electron chi connectivity index (χ1n) is 7.74. The molecule has 4 amide bonds. The number of carbonyl (C=O) groups is 3. The van der Waals surface area contributed by atoms with Gasteiger partial charge in [-0.25, -0.2) is 4.79 Å². The van der Waals surface area contributed by atoms with Crippen LogP contribution in [0.2, 0.25) is 0 Å². The third-order valence-electron chi connectivity index (χ3n) is 4.39. The van der Waals surface area contributed by atoms with E-state index in [9.17, 15) is 14.4 Å². The van der Waals surface area contributed by atoms with Crippen LogP contribution in [0, 0.1) is 5.92 Å². The van der Waals surface area contributed by atoms with Gasteiger partial charge in [0.2, 0.25) is 11.8 Å². The molecular formula is C14H22N4O3. The van der Waals surface area contributed by atoms with Crippen molar-refractivity contribution in [1.29, 1.82) is 0 Å². The highest BCUT2D eigenvalue weighted by Gasteiger charge is 2.33. The van der Waals surface area contributed by atoms with Crippen LogP contribution in [-0.2, 0) is 9.59 Å². The summed E-state index contributed by atoms with van der Waals surface area (Å²) in [5, 5.41) is 5.70. The quantitative estimate of drug-likeness (QED) is 0.722. The van der Waals surface area contributed by atoms with Crippen LogP contribution in [0.15, 0.2) is 0 Å². The number of piperidine rings is 1. The van der Waals surface area contributed by atoms with Crippen molar-refractivity contribution in [3.63, 3.8) is 0 Å². The van der Waals surface area contributed by atoms with Crippen LogP contribution in [0.5, 0.6) is 0 Å². The van der Waals surface area contributed by atoms with Crippen LogP contribution in [0.1, 0.15) is 25.7 Å². The van der Waals surface area contributed by atoms with E-state index in [1.54, 1.807) is 9.80 Å². The van der Waals surface area contributed by atoms with Crippen LogP contribution in [0.25, 0.3) is 0 Å². The molecule has 21 heavy (non-hydrogen) atoms. The van der Waals surface area contributed by atoms with Gasteiger partial charge in [-0.3, -0.25) is 9.59 Å². The van der Waals surface area contributed by atoms with Gasteiger partial charge in [0.25, 0.3) is 0 Å². The van der Waals surface area contributed by atoms with Crippen molar-refractivity contribution in [2.75, 3.05) is 32.7 Å². The van der Waals surface area contributed by atoms with Gasteiger partial charge in [0.15, 0.2) is 0 Å². The fraction of sp³-hybridized carbons (Fsp3) is 0.786. The van der Waals surface area contributed by atoms with Crippen molar-refractivity contribution < 1.29 is 14.4 Å². The molecule has 0 aromatic rings. The lowest BCUT2D eigenvalue weighted by Crippen LogP contribution is -2.53. The Hall–Kier alpha value is -1.79. The van der Waals surface area contributed by atoms with Gasteiger partial charge in [-0.05, 0) is 25.7 Å². The van der Waals surface area contributed by atoms with Crippen LogP contribution in [0.3, 0.4) is 0 Å². The Bertz CT molecular complexity index is 442. The third kappa shape index (κ3) is 3.46. The van der Waals surface area contributed by atoms with Gasteiger partial charge in [0.1, 0.15) is 0 Å². The molecule has 1 aliphatic carbocycles. The minimum atomic E-state index is -0.0872. The second-order valence-corrected chi connectivity index (χ2v) is 6.09. The maximum atomic E-state index is 12.4. The summed E-state index contributed by atoms with van der Waals surface area (Å²) in [5.74, 6) is -0.0798. The van der Waals surface area contributed by atoms with Gasteiger partial charge < -0.3 is 20.4 Å². The third-order valence-corrected chi connectivity index (χ3v) is 4.39. The highest BCUT2D eigenvalue weighted by atomic mass is 16.2. The molecule has 0 atom stereocenters. The molecular weight excluding hydrogens is 272 g/mol. The molecule has 0 unspecified atom stereocenters. The van der Waals surface area contributed by atoms with Crippen molar-refractivity contribution >= 4 is 17.8 Å². The van der Waals surface area contributed by atoms with Crippen LogP contribution < -0.4 is 10.6 Å². The number of carbonyl (C=O) groups excluding carboxylic acids is 3. The SMILES string of the molecule is O=C1CN(C(=O)C2CCN(C(=O)NC3CC3)CC2)CCN1. The van der Waals surface area contributed by atoms with Gasteiger partial charge in [-0.2, -0.15) is 0 Å².